The van der Waals surface area contributed by atoms with Crippen molar-refractivity contribution in [3.63, 3.8) is 0 Å². The maximum absolute atomic E-state index is 4.13. The van der Waals surface area contributed by atoms with Crippen LogP contribution in [0.2, 0.25) is 0 Å². The summed E-state index contributed by atoms with van der Waals surface area (Å²) in [4.78, 5) is 8.04. The fourth-order valence-electron chi connectivity index (χ4n) is 1.29. The molecule has 76 valence electrons. The summed E-state index contributed by atoms with van der Waals surface area (Å²) in [5, 5.41) is 0. The van der Waals surface area contributed by atoms with Crippen LogP contribution in [0.4, 0.5) is 5.69 Å². The van der Waals surface area contributed by atoms with E-state index in [1.807, 2.05) is 42.5 Å². The fourth-order valence-corrected chi connectivity index (χ4v) is 1.29. The minimum atomic E-state index is 0.751. The SMILES string of the molecule is C=Nc1ccccc1C#Cc1ccccn1. The van der Waals surface area contributed by atoms with E-state index in [4.69, 9.17) is 0 Å². The molecule has 16 heavy (non-hydrogen) atoms. The van der Waals surface area contributed by atoms with Crippen LogP contribution >= 0.6 is 0 Å². The molecular formula is C14H10N2. The predicted molar refractivity (Wildman–Crippen MR) is 65.9 cm³/mol. The average molecular weight is 206 g/mol. The van der Waals surface area contributed by atoms with Gasteiger partial charge in [0.25, 0.3) is 0 Å². The largest absolute Gasteiger partial charge is 0.263 e. The summed E-state index contributed by atoms with van der Waals surface area (Å²) in [5.41, 5.74) is 2.41. The topological polar surface area (TPSA) is 25.2 Å². The Hall–Kier alpha value is -2.40. The van der Waals surface area contributed by atoms with Crippen molar-refractivity contribution in [3.8, 4) is 11.8 Å². The lowest BCUT2D eigenvalue weighted by Gasteiger charge is -1.95. The number of nitrogens with zero attached hydrogens (tertiary/aromatic N) is 2. The van der Waals surface area contributed by atoms with Crippen LogP contribution in [0.1, 0.15) is 11.3 Å². The third-order valence-electron chi connectivity index (χ3n) is 2.06. The van der Waals surface area contributed by atoms with Gasteiger partial charge in [-0.05, 0) is 36.9 Å². The lowest BCUT2D eigenvalue weighted by molar-refractivity contribution is 1.29. The highest BCUT2D eigenvalue weighted by atomic mass is 14.7. The van der Waals surface area contributed by atoms with Crippen LogP contribution < -0.4 is 0 Å². The van der Waals surface area contributed by atoms with Gasteiger partial charge in [-0.15, -0.1) is 0 Å². The Balaban J connectivity index is 2.34. The molecule has 0 aliphatic heterocycles. The lowest BCUT2D eigenvalue weighted by Crippen LogP contribution is -1.80. The highest BCUT2D eigenvalue weighted by molar-refractivity contribution is 5.59. The standard InChI is InChI=1S/C14H10N2/c1-15-14-8-3-2-6-12(14)9-10-13-7-4-5-11-16-13/h2-8,11H,1H2. The molecule has 1 aromatic heterocycles. The van der Waals surface area contributed by atoms with E-state index in [2.05, 4.69) is 28.5 Å². The number of para-hydroxylation sites is 1. The van der Waals surface area contributed by atoms with Crippen molar-refractivity contribution < 1.29 is 0 Å². The average Bonchev–Trinajstić information content (AvgIpc) is 2.38. The van der Waals surface area contributed by atoms with E-state index in [9.17, 15) is 0 Å². The molecule has 1 heterocycles. The highest BCUT2D eigenvalue weighted by Gasteiger charge is 1.94. The van der Waals surface area contributed by atoms with Gasteiger partial charge in [0.15, 0.2) is 0 Å². The van der Waals surface area contributed by atoms with Crippen LogP contribution in [0.3, 0.4) is 0 Å². The maximum Gasteiger partial charge on any atom is 0.113 e. The number of aliphatic imine (C=N–C) groups is 1. The normalized spacial score (nSPS) is 9.00. The van der Waals surface area contributed by atoms with Gasteiger partial charge in [0.1, 0.15) is 5.69 Å². The molecule has 2 heteroatoms. The van der Waals surface area contributed by atoms with Crippen LogP contribution in [-0.2, 0) is 0 Å². The summed E-state index contributed by atoms with van der Waals surface area (Å²) >= 11 is 0. The van der Waals surface area contributed by atoms with E-state index in [-0.39, 0.29) is 0 Å². The van der Waals surface area contributed by atoms with E-state index in [1.165, 1.54) is 0 Å². The zero-order valence-corrected chi connectivity index (χ0v) is 8.72. The fraction of sp³-hybridized carbons (Fsp3) is 0. The van der Waals surface area contributed by atoms with Crippen LogP contribution in [0, 0.1) is 11.8 Å². The van der Waals surface area contributed by atoms with Crippen molar-refractivity contribution in [2.45, 2.75) is 0 Å². The summed E-state index contributed by atoms with van der Waals surface area (Å²) in [6.45, 7) is 3.51. The van der Waals surface area contributed by atoms with Gasteiger partial charge in [-0.1, -0.05) is 24.1 Å². The van der Waals surface area contributed by atoms with Gasteiger partial charge >= 0.3 is 0 Å². The first-order valence-electron chi connectivity index (χ1n) is 4.89. The van der Waals surface area contributed by atoms with E-state index in [0.29, 0.717) is 0 Å². The molecule has 0 spiro atoms. The van der Waals surface area contributed by atoms with Gasteiger partial charge in [-0.3, -0.25) is 4.99 Å². The first-order valence-corrected chi connectivity index (χ1v) is 4.89. The summed E-state index contributed by atoms with van der Waals surface area (Å²) in [7, 11) is 0. The first-order chi connectivity index (χ1) is 7.90. The number of rotatable bonds is 1. The van der Waals surface area contributed by atoms with Crippen LogP contribution in [0.5, 0.6) is 0 Å². The maximum atomic E-state index is 4.13. The molecule has 0 bridgehead atoms. The van der Waals surface area contributed by atoms with E-state index < -0.39 is 0 Å². The lowest BCUT2D eigenvalue weighted by atomic mass is 10.2. The smallest absolute Gasteiger partial charge is 0.113 e. The Labute approximate surface area is 94.7 Å². The second-order valence-electron chi connectivity index (χ2n) is 3.14. The molecule has 2 aromatic rings. The van der Waals surface area contributed by atoms with Crippen molar-refractivity contribution in [3.05, 3.63) is 59.9 Å². The Morgan fingerprint density at radius 3 is 2.56 bits per heavy atom. The third kappa shape index (κ3) is 2.34. The Morgan fingerprint density at radius 2 is 1.81 bits per heavy atom. The van der Waals surface area contributed by atoms with Gasteiger partial charge in [-0.2, -0.15) is 0 Å². The second kappa shape index (κ2) is 4.90. The molecular weight excluding hydrogens is 196 g/mol. The van der Waals surface area contributed by atoms with Crippen molar-refractivity contribution in [2.24, 2.45) is 4.99 Å². The van der Waals surface area contributed by atoms with E-state index in [0.717, 1.165) is 16.9 Å². The minimum absolute atomic E-state index is 0.751. The summed E-state index contributed by atoms with van der Waals surface area (Å²) in [5.74, 6) is 6.02. The Kier molecular flexibility index (Phi) is 3.10. The molecule has 0 atom stereocenters. The summed E-state index contributed by atoms with van der Waals surface area (Å²) in [6, 6.07) is 13.3. The molecule has 0 fully saturated rings. The predicted octanol–water partition coefficient (Wildman–Crippen LogP) is 2.81. The minimum Gasteiger partial charge on any atom is -0.263 e. The molecule has 2 rings (SSSR count). The van der Waals surface area contributed by atoms with Crippen molar-refractivity contribution in [1.29, 1.82) is 0 Å². The summed E-state index contributed by atoms with van der Waals surface area (Å²) < 4.78 is 0. The zero-order valence-electron chi connectivity index (χ0n) is 8.72. The van der Waals surface area contributed by atoms with Gasteiger partial charge in [0, 0.05) is 6.20 Å². The van der Waals surface area contributed by atoms with Crippen LogP contribution in [0.25, 0.3) is 0 Å². The molecule has 0 N–H and O–H groups in total. The molecule has 0 aliphatic rings. The van der Waals surface area contributed by atoms with Crippen molar-refractivity contribution in [1.82, 2.24) is 4.98 Å². The molecule has 0 radical (unpaired) electrons. The highest BCUT2D eigenvalue weighted by Crippen LogP contribution is 2.16. The molecule has 0 amide bonds. The number of benzene rings is 1. The number of hydrogen-bond donors (Lipinski definition) is 0. The van der Waals surface area contributed by atoms with Gasteiger partial charge < -0.3 is 0 Å². The number of hydrogen-bond acceptors (Lipinski definition) is 2. The molecule has 0 saturated heterocycles. The van der Waals surface area contributed by atoms with E-state index >= 15 is 0 Å². The quantitative estimate of drug-likeness (QED) is 0.520. The van der Waals surface area contributed by atoms with Crippen LogP contribution in [-0.4, -0.2) is 11.7 Å². The first kappa shape index (κ1) is 10.1. The molecule has 1 aromatic carbocycles. The van der Waals surface area contributed by atoms with Crippen LogP contribution in [0.15, 0.2) is 53.7 Å². The molecule has 2 nitrogen and oxygen atoms in total. The Bertz CT molecular complexity index is 548. The third-order valence-corrected chi connectivity index (χ3v) is 2.06. The Morgan fingerprint density at radius 1 is 1.00 bits per heavy atom. The summed E-state index contributed by atoms with van der Waals surface area (Å²) in [6.07, 6.45) is 1.72. The van der Waals surface area contributed by atoms with Crippen molar-refractivity contribution >= 4 is 12.4 Å². The van der Waals surface area contributed by atoms with Gasteiger partial charge in [0.2, 0.25) is 0 Å². The van der Waals surface area contributed by atoms with E-state index in [1.54, 1.807) is 6.20 Å². The number of aromatic nitrogens is 1. The van der Waals surface area contributed by atoms with Gasteiger partial charge in [-0.25, -0.2) is 4.98 Å². The monoisotopic (exact) mass is 206 g/mol. The van der Waals surface area contributed by atoms with Crippen molar-refractivity contribution in [2.75, 3.05) is 0 Å². The number of pyridine rings is 1. The second-order valence-corrected chi connectivity index (χ2v) is 3.14. The van der Waals surface area contributed by atoms with Gasteiger partial charge in [0.05, 0.1) is 11.3 Å². The molecule has 0 saturated carbocycles. The zero-order chi connectivity index (χ0) is 11.2. The molecule has 0 aliphatic carbocycles. The molecule has 0 unspecified atom stereocenters.